The molecule has 0 spiro atoms. The Morgan fingerprint density at radius 3 is 2.45 bits per heavy atom. The molecule has 0 radical (unpaired) electrons. The minimum absolute atomic E-state index is 0.202. The highest BCUT2D eigenvalue weighted by Gasteiger charge is 2.35. The molecule has 3 rings (SSSR count). The summed E-state index contributed by atoms with van der Waals surface area (Å²) in [5.41, 5.74) is 0.809. The summed E-state index contributed by atoms with van der Waals surface area (Å²) in [4.78, 5) is 13.6. The largest absolute Gasteiger partial charge is 0.415 e. The summed E-state index contributed by atoms with van der Waals surface area (Å²) in [5.74, 6) is -0.0901. The van der Waals surface area contributed by atoms with Crippen LogP contribution in [0, 0.1) is 5.82 Å². The molecule has 1 saturated heterocycles. The van der Waals surface area contributed by atoms with Crippen LogP contribution < -0.4 is 4.74 Å². The van der Waals surface area contributed by atoms with Crippen LogP contribution in [0.3, 0.4) is 0 Å². The number of amides is 1. The van der Waals surface area contributed by atoms with Crippen LogP contribution in [0.2, 0.25) is 0 Å². The number of aliphatic hydroxyl groups excluding tert-OH is 1. The third kappa shape index (κ3) is 3.09. The van der Waals surface area contributed by atoms with Gasteiger partial charge in [-0.1, -0.05) is 30.3 Å². The fourth-order valence-electron chi connectivity index (χ4n) is 2.63. The average Bonchev–Trinajstić information content (AvgIpc) is 2.91. The van der Waals surface area contributed by atoms with Crippen molar-refractivity contribution in [3.05, 3.63) is 66.0 Å². The van der Waals surface area contributed by atoms with Gasteiger partial charge in [-0.25, -0.2) is 9.18 Å². The highest BCUT2D eigenvalue weighted by atomic mass is 19.1. The number of nitrogens with zero attached hydrogens (tertiary/aromatic N) is 1. The van der Waals surface area contributed by atoms with Crippen LogP contribution in [-0.2, 0) is 0 Å². The number of β-amino-alcohol motifs (C(OH)–C–C–N with tert-alkyl or cyclic N) is 1. The van der Waals surface area contributed by atoms with Crippen LogP contribution in [0.1, 0.15) is 11.5 Å². The van der Waals surface area contributed by atoms with Crippen LogP contribution >= 0.6 is 0 Å². The quantitative estimate of drug-likeness (QED) is 0.928. The Morgan fingerprint density at radius 2 is 1.77 bits per heavy atom. The molecular formula is C17H16FNO3. The zero-order valence-corrected chi connectivity index (χ0v) is 11.9. The van der Waals surface area contributed by atoms with Gasteiger partial charge in [0, 0.05) is 12.5 Å². The molecule has 4 nitrogen and oxygen atoms in total. The van der Waals surface area contributed by atoms with Gasteiger partial charge in [-0.2, -0.15) is 0 Å². The average molecular weight is 301 g/mol. The van der Waals surface area contributed by atoms with E-state index in [0.29, 0.717) is 12.3 Å². The van der Waals surface area contributed by atoms with Crippen molar-refractivity contribution in [3.63, 3.8) is 0 Å². The molecule has 0 bridgehead atoms. The molecule has 5 heteroatoms. The Morgan fingerprint density at radius 1 is 1.09 bits per heavy atom. The van der Waals surface area contributed by atoms with Crippen molar-refractivity contribution >= 4 is 6.09 Å². The molecule has 2 atom stereocenters. The Labute approximate surface area is 127 Å². The second kappa shape index (κ2) is 6.15. The van der Waals surface area contributed by atoms with Crippen LogP contribution in [-0.4, -0.2) is 35.3 Å². The van der Waals surface area contributed by atoms with E-state index in [1.807, 2.05) is 6.07 Å². The zero-order chi connectivity index (χ0) is 15.5. The second-order valence-corrected chi connectivity index (χ2v) is 5.31. The predicted molar refractivity (Wildman–Crippen MR) is 79.2 cm³/mol. The topological polar surface area (TPSA) is 49.8 Å². The summed E-state index contributed by atoms with van der Waals surface area (Å²) in [6.45, 7) is 0.548. The van der Waals surface area contributed by atoms with E-state index in [1.54, 1.807) is 36.4 Å². The van der Waals surface area contributed by atoms with Gasteiger partial charge in [0.25, 0.3) is 0 Å². The number of hydrogen-bond donors (Lipinski definition) is 1. The van der Waals surface area contributed by atoms with Crippen molar-refractivity contribution in [2.75, 3.05) is 13.1 Å². The molecule has 2 aromatic rings. The first kappa shape index (κ1) is 14.5. The van der Waals surface area contributed by atoms with Crippen molar-refractivity contribution in [1.82, 2.24) is 4.90 Å². The van der Waals surface area contributed by atoms with E-state index in [1.165, 1.54) is 17.0 Å². The summed E-state index contributed by atoms with van der Waals surface area (Å²) >= 11 is 0. The van der Waals surface area contributed by atoms with Crippen molar-refractivity contribution in [3.8, 4) is 5.75 Å². The fourth-order valence-corrected chi connectivity index (χ4v) is 2.63. The molecule has 2 aromatic carbocycles. The number of hydrogen-bond acceptors (Lipinski definition) is 3. The number of para-hydroxylation sites is 1. The minimum Gasteiger partial charge on any atom is -0.410 e. The zero-order valence-electron chi connectivity index (χ0n) is 11.9. The Kier molecular flexibility index (Phi) is 4.06. The standard InChI is InChI=1S/C17H16FNO3/c18-13-8-6-12(7-9-13)15-10-19(11-16(15)20)17(21)22-14-4-2-1-3-5-14/h1-9,15-16,20H,10-11H2. The van der Waals surface area contributed by atoms with Gasteiger partial charge in [0.1, 0.15) is 11.6 Å². The van der Waals surface area contributed by atoms with Gasteiger partial charge in [-0.05, 0) is 29.8 Å². The number of ether oxygens (including phenoxy) is 1. The molecule has 1 amide bonds. The molecule has 1 fully saturated rings. The third-order valence-corrected chi connectivity index (χ3v) is 3.79. The minimum atomic E-state index is -0.686. The smallest absolute Gasteiger partial charge is 0.410 e. The molecule has 22 heavy (non-hydrogen) atoms. The lowest BCUT2D eigenvalue weighted by Crippen LogP contribution is -2.32. The van der Waals surface area contributed by atoms with Gasteiger partial charge < -0.3 is 14.7 Å². The Hall–Kier alpha value is -2.40. The van der Waals surface area contributed by atoms with Crippen molar-refractivity contribution < 1.29 is 19.0 Å². The molecule has 114 valence electrons. The molecule has 2 unspecified atom stereocenters. The van der Waals surface area contributed by atoms with Gasteiger partial charge in [-0.3, -0.25) is 0 Å². The maximum atomic E-state index is 13.0. The normalized spacial score (nSPS) is 20.9. The number of likely N-dealkylation sites (tertiary alicyclic amines) is 1. The fraction of sp³-hybridized carbons (Fsp3) is 0.235. The van der Waals surface area contributed by atoms with Crippen LogP contribution in [0.25, 0.3) is 0 Å². The van der Waals surface area contributed by atoms with Crippen LogP contribution in [0.4, 0.5) is 9.18 Å². The maximum absolute atomic E-state index is 13.0. The summed E-state index contributed by atoms with van der Waals surface area (Å²) in [6, 6.07) is 14.8. The summed E-state index contributed by atoms with van der Waals surface area (Å²) in [7, 11) is 0. The number of carbonyl (C=O) groups is 1. The Balaban J connectivity index is 1.67. The number of benzene rings is 2. The van der Waals surface area contributed by atoms with Gasteiger partial charge >= 0.3 is 6.09 Å². The van der Waals surface area contributed by atoms with Crippen molar-refractivity contribution in [2.24, 2.45) is 0 Å². The third-order valence-electron chi connectivity index (χ3n) is 3.79. The second-order valence-electron chi connectivity index (χ2n) is 5.31. The first-order valence-electron chi connectivity index (χ1n) is 7.09. The first-order valence-corrected chi connectivity index (χ1v) is 7.09. The molecule has 0 saturated carbocycles. The number of carbonyl (C=O) groups excluding carboxylic acids is 1. The summed E-state index contributed by atoms with van der Waals surface area (Å²) < 4.78 is 18.2. The van der Waals surface area contributed by atoms with Gasteiger partial charge in [0.05, 0.1) is 12.6 Å². The van der Waals surface area contributed by atoms with E-state index < -0.39 is 12.2 Å². The molecule has 1 aliphatic rings. The highest BCUT2D eigenvalue weighted by Crippen LogP contribution is 2.28. The monoisotopic (exact) mass is 301 g/mol. The summed E-state index contributed by atoms with van der Waals surface area (Å²) in [6.07, 6.45) is -1.18. The molecule has 1 heterocycles. The molecule has 1 aliphatic heterocycles. The van der Waals surface area contributed by atoms with E-state index in [-0.39, 0.29) is 18.3 Å². The number of halogens is 1. The maximum Gasteiger partial charge on any atom is 0.415 e. The SMILES string of the molecule is O=C(Oc1ccccc1)N1CC(O)C(c2ccc(F)cc2)C1. The summed E-state index contributed by atoms with van der Waals surface area (Å²) in [5, 5.41) is 10.2. The highest BCUT2D eigenvalue weighted by molar-refractivity contribution is 5.71. The van der Waals surface area contributed by atoms with E-state index in [2.05, 4.69) is 0 Å². The molecule has 1 N–H and O–H groups in total. The predicted octanol–water partition coefficient (Wildman–Crippen LogP) is 2.78. The van der Waals surface area contributed by atoms with Crippen molar-refractivity contribution in [2.45, 2.75) is 12.0 Å². The lowest BCUT2D eigenvalue weighted by atomic mass is 9.96. The van der Waals surface area contributed by atoms with Crippen LogP contribution in [0.15, 0.2) is 54.6 Å². The Bertz CT molecular complexity index is 645. The molecule has 0 aromatic heterocycles. The van der Waals surface area contributed by atoms with Gasteiger partial charge in [0.2, 0.25) is 0 Å². The lowest BCUT2D eigenvalue weighted by molar-refractivity contribution is 0.143. The lowest BCUT2D eigenvalue weighted by Gasteiger charge is -2.16. The van der Waals surface area contributed by atoms with Crippen LogP contribution in [0.5, 0.6) is 5.75 Å². The van der Waals surface area contributed by atoms with E-state index in [0.717, 1.165) is 5.56 Å². The molecule has 0 aliphatic carbocycles. The van der Waals surface area contributed by atoms with Gasteiger partial charge in [-0.15, -0.1) is 0 Å². The van der Waals surface area contributed by atoms with Gasteiger partial charge in [0.15, 0.2) is 0 Å². The number of rotatable bonds is 2. The van der Waals surface area contributed by atoms with E-state index in [9.17, 15) is 14.3 Å². The van der Waals surface area contributed by atoms with Crippen molar-refractivity contribution in [1.29, 1.82) is 0 Å². The number of aliphatic hydroxyl groups is 1. The van der Waals surface area contributed by atoms with E-state index in [4.69, 9.17) is 4.74 Å². The molecular weight excluding hydrogens is 285 g/mol. The van der Waals surface area contributed by atoms with E-state index >= 15 is 0 Å². The first-order chi connectivity index (χ1) is 10.6.